The van der Waals surface area contributed by atoms with Gasteiger partial charge in [-0.15, -0.1) is 11.3 Å². The van der Waals surface area contributed by atoms with Crippen LogP contribution in [-0.4, -0.2) is 41.6 Å². The molecule has 1 fully saturated rings. The quantitative estimate of drug-likeness (QED) is 0.746. The molecule has 6 heteroatoms. The Hall–Kier alpha value is -1.24. The van der Waals surface area contributed by atoms with Crippen molar-refractivity contribution in [2.75, 3.05) is 19.7 Å². The zero-order valence-corrected chi connectivity index (χ0v) is 16.1. The molecular weight excluding hydrogens is 388 g/mol. The molecule has 0 saturated carbocycles. The predicted octanol–water partition coefficient (Wildman–Crippen LogP) is 4.14. The summed E-state index contributed by atoms with van der Waals surface area (Å²) in [6, 6.07) is 8.06. The number of benzene rings is 1. The first-order chi connectivity index (χ1) is 11.7. The van der Waals surface area contributed by atoms with E-state index in [0.29, 0.717) is 19.6 Å². The number of hydrogen-bond donors (Lipinski definition) is 0. The lowest BCUT2D eigenvalue weighted by Gasteiger charge is -2.32. The van der Waals surface area contributed by atoms with Gasteiger partial charge in [0.2, 0.25) is 5.91 Å². The Morgan fingerprint density at radius 3 is 3.17 bits per heavy atom. The zero-order valence-electron chi connectivity index (χ0n) is 13.7. The van der Waals surface area contributed by atoms with Gasteiger partial charge in [-0.1, -0.05) is 28.1 Å². The molecule has 0 N–H and O–H groups in total. The van der Waals surface area contributed by atoms with Gasteiger partial charge in [-0.25, -0.2) is 4.98 Å². The maximum Gasteiger partial charge on any atom is 0.228 e. The third-order valence-corrected chi connectivity index (χ3v) is 5.52. The summed E-state index contributed by atoms with van der Waals surface area (Å²) in [5.41, 5.74) is 1.92. The normalized spacial score (nSPS) is 17.9. The minimum Gasteiger partial charge on any atom is -0.377 e. The highest BCUT2D eigenvalue weighted by atomic mass is 79.9. The third kappa shape index (κ3) is 4.43. The second kappa shape index (κ2) is 8.23. The lowest BCUT2D eigenvalue weighted by atomic mass is 10.1. The van der Waals surface area contributed by atoms with Gasteiger partial charge in [0.25, 0.3) is 0 Å². The van der Waals surface area contributed by atoms with Crippen molar-refractivity contribution in [1.82, 2.24) is 9.88 Å². The number of likely N-dealkylation sites (tertiary alicyclic amines) is 1. The van der Waals surface area contributed by atoms with Crippen molar-refractivity contribution in [3.05, 3.63) is 39.8 Å². The van der Waals surface area contributed by atoms with E-state index in [4.69, 9.17) is 4.74 Å². The Bertz CT molecular complexity index is 702. The first-order valence-electron chi connectivity index (χ1n) is 8.25. The number of halogens is 1. The van der Waals surface area contributed by atoms with Gasteiger partial charge in [-0.3, -0.25) is 4.79 Å². The van der Waals surface area contributed by atoms with E-state index in [0.717, 1.165) is 40.1 Å². The third-order valence-electron chi connectivity index (χ3n) is 4.09. The molecule has 1 amide bonds. The monoisotopic (exact) mass is 408 g/mol. The van der Waals surface area contributed by atoms with Crippen LogP contribution >= 0.6 is 27.3 Å². The minimum atomic E-state index is 0.144. The van der Waals surface area contributed by atoms with E-state index in [9.17, 15) is 4.79 Å². The molecule has 0 unspecified atom stereocenters. The summed E-state index contributed by atoms with van der Waals surface area (Å²) >= 11 is 5.06. The second-order valence-electron chi connectivity index (χ2n) is 5.89. The molecular formula is C18H21BrN2O2S. The fraction of sp³-hybridized carbons (Fsp3) is 0.444. The average Bonchev–Trinajstić information content (AvgIpc) is 3.04. The maximum atomic E-state index is 12.5. The summed E-state index contributed by atoms with van der Waals surface area (Å²) in [4.78, 5) is 19.1. The van der Waals surface area contributed by atoms with Crippen LogP contribution < -0.4 is 0 Å². The van der Waals surface area contributed by atoms with Crippen LogP contribution in [0.5, 0.6) is 0 Å². The number of thiazole rings is 1. The van der Waals surface area contributed by atoms with Gasteiger partial charge in [0, 0.05) is 35.1 Å². The number of piperidine rings is 1. The average molecular weight is 409 g/mol. The standard InChI is InChI=1S/C18H21BrN2O2S/c1-2-23-16-7-4-8-21(11-16)17(22)10-15-12-24-18(20-15)13-5-3-6-14(19)9-13/h3,5-6,9,12,16H,2,4,7-8,10-11H2,1H3/t16-/m0/s1. The number of aromatic nitrogens is 1. The van der Waals surface area contributed by atoms with Crippen molar-refractivity contribution in [3.63, 3.8) is 0 Å². The summed E-state index contributed by atoms with van der Waals surface area (Å²) in [6.07, 6.45) is 2.60. The van der Waals surface area contributed by atoms with Crippen molar-refractivity contribution in [2.45, 2.75) is 32.3 Å². The van der Waals surface area contributed by atoms with E-state index in [2.05, 4.69) is 20.9 Å². The Morgan fingerprint density at radius 1 is 1.50 bits per heavy atom. The first-order valence-corrected chi connectivity index (χ1v) is 9.92. The Morgan fingerprint density at radius 2 is 2.38 bits per heavy atom. The lowest BCUT2D eigenvalue weighted by Crippen LogP contribution is -2.43. The molecule has 1 aromatic carbocycles. The van der Waals surface area contributed by atoms with Crippen LogP contribution in [0.25, 0.3) is 10.6 Å². The lowest BCUT2D eigenvalue weighted by molar-refractivity contribution is -0.134. The molecule has 1 aromatic heterocycles. The SMILES string of the molecule is CCO[C@H]1CCCN(C(=O)Cc2csc(-c3cccc(Br)c3)n2)C1. The highest BCUT2D eigenvalue weighted by molar-refractivity contribution is 9.10. The van der Waals surface area contributed by atoms with E-state index in [1.807, 2.05) is 41.5 Å². The van der Waals surface area contributed by atoms with Gasteiger partial charge in [-0.05, 0) is 31.9 Å². The van der Waals surface area contributed by atoms with Gasteiger partial charge in [0.1, 0.15) is 5.01 Å². The van der Waals surface area contributed by atoms with Gasteiger partial charge in [-0.2, -0.15) is 0 Å². The van der Waals surface area contributed by atoms with Gasteiger partial charge in [0.15, 0.2) is 0 Å². The summed E-state index contributed by atoms with van der Waals surface area (Å²) in [5, 5.41) is 2.93. The van der Waals surface area contributed by atoms with Crippen molar-refractivity contribution < 1.29 is 9.53 Å². The van der Waals surface area contributed by atoms with E-state index in [-0.39, 0.29) is 12.0 Å². The summed E-state index contributed by atoms with van der Waals surface area (Å²) in [5.74, 6) is 0.144. The molecule has 3 rings (SSSR count). The smallest absolute Gasteiger partial charge is 0.228 e. The van der Waals surface area contributed by atoms with E-state index in [1.54, 1.807) is 11.3 Å². The van der Waals surface area contributed by atoms with Crippen LogP contribution in [0, 0.1) is 0 Å². The summed E-state index contributed by atoms with van der Waals surface area (Å²) in [7, 11) is 0. The molecule has 0 spiro atoms. The van der Waals surface area contributed by atoms with Crippen LogP contribution in [-0.2, 0) is 16.0 Å². The van der Waals surface area contributed by atoms with Crippen LogP contribution in [0.15, 0.2) is 34.1 Å². The maximum absolute atomic E-state index is 12.5. The molecule has 2 heterocycles. The molecule has 0 bridgehead atoms. The number of rotatable bonds is 5. The predicted molar refractivity (Wildman–Crippen MR) is 100 cm³/mol. The zero-order chi connectivity index (χ0) is 16.9. The number of ether oxygens (including phenoxy) is 1. The van der Waals surface area contributed by atoms with Crippen LogP contribution in [0.1, 0.15) is 25.5 Å². The molecule has 24 heavy (non-hydrogen) atoms. The summed E-state index contributed by atoms with van der Waals surface area (Å²) in [6.45, 7) is 4.23. The molecule has 4 nitrogen and oxygen atoms in total. The highest BCUT2D eigenvalue weighted by Gasteiger charge is 2.24. The molecule has 0 radical (unpaired) electrons. The second-order valence-corrected chi connectivity index (χ2v) is 7.66. The number of nitrogens with zero attached hydrogens (tertiary/aromatic N) is 2. The van der Waals surface area contributed by atoms with Crippen LogP contribution in [0.4, 0.5) is 0 Å². The number of amides is 1. The Labute approximate surface area is 155 Å². The molecule has 128 valence electrons. The molecule has 1 atom stereocenters. The Balaban J connectivity index is 1.63. The van der Waals surface area contributed by atoms with E-state index in [1.165, 1.54) is 0 Å². The van der Waals surface area contributed by atoms with Crippen molar-refractivity contribution in [2.24, 2.45) is 0 Å². The van der Waals surface area contributed by atoms with Gasteiger partial charge >= 0.3 is 0 Å². The highest BCUT2D eigenvalue weighted by Crippen LogP contribution is 2.26. The van der Waals surface area contributed by atoms with Gasteiger partial charge < -0.3 is 9.64 Å². The van der Waals surface area contributed by atoms with Crippen molar-refractivity contribution in [1.29, 1.82) is 0 Å². The largest absolute Gasteiger partial charge is 0.377 e. The van der Waals surface area contributed by atoms with Gasteiger partial charge in [0.05, 0.1) is 18.2 Å². The topological polar surface area (TPSA) is 42.4 Å². The fourth-order valence-corrected chi connectivity index (χ4v) is 4.16. The van der Waals surface area contributed by atoms with E-state index < -0.39 is 0 Å². The fourth-order valence-electron chi connectivity index (χ4n) is 2.95. The van der Waals surface area contributed by atoms with E-state index >= 15 is 0 Å². The molecule has 2 aromatic rings. The van der Waals surface area contributed by atoms with Crippen molar-refractivity contribution >= 4 is 33.2 Å². The minimum absolute atomic E-state index is 0.144. The van der Waals surface area contributed by atoms with Crippen LogP contribution in [0.2, 0.25) is 0 Å². The van der Waals surface area contributed by atoms with Crippen LogP contribution in [0.3, 0.4) is 0 Å². The van der Waals surface area contributed by atoms with Crippen molar-refractivity contribution in [3.8, 4) is 10.6 Å². The first kappa shape index (κ1) is 17.6. The number of hydrogen-bond acceptors (Lipinski definition) is 4. The molecule has 1 aliphatic rings. The molecule has 1 saturated heterocycles. The number of carbonyl (C=O) groups is 1. The Kier molecular flexibility index (Phi) is 6.03. The summed E-state index contributed by atoms with van der Waals surface area (Å²) < 4.78 is 6.71. The molecule has 1 aliphatic heterocycles. The molecule has 0 aliphatic carbocycles. The number of carbonyl (C=O) groups excluding carboxylic acids is 1.